The number of nitro benzene ring substituents is 1. The largest absolute Gasteiger partial charge is 0.303 e. The van der Waals surface area contributed by atoms with E-state index in [1.807, 2.05) is 31.2 Å². The van der Waals surface area contributed by atoms with Crippen LogP contribution in [0.1, 0.15) is 16.7 Å². The van der Waals surface area contributed by atoms with Gasteiger partial charge in [-0.3, -0.25) is 14.9 Å². The van der Waals surface area contributed by atoms with E-state index >= 15 is 0 Å². The number of carbonyl (C=O) groups is 1. The van der Waals surface area contributed by atoms with Gasteiger partial charge in [-0.15, -0.1) is 5.10 Å². The number of para-hydroxylation sites is 1. The lowest BCUT2D eigenvalue weighted by Crippen LogP contribution is -2.26. The number of hydrogen-bond donors (Lipinski definition) is 1. The average molecular weight is 368 g/mol. The number of nitro groups is 1. The molecule has 8 heteroatoms. The van der Waals surface area contributed by atoms with Gasteiger partial charge in [-0.1, -0.05) is 59.8 Å². The van der Waals surface area contributed by atoms with Crippen molar-refractivity contribution in [3.63, 3.8) is 0 Å². The molecule has 0 spiro atoms. The van der Waals surface area contributed by atoms with Crippen LogP contribution in [0.5, 0.6) is 0 Å². The number of benzene rings is 2. The Hall–Kier alpha value is -3.00. The summed E-state index contributed by atoms with van der Waals surface area (Å²) in [5, 5.41) is 21.7. The molecule has 26 heavy (non-hydrogen) atoms. The van der Waals surface area contributed by atoms with Crippen LogP contribution >= 0.6 is 11.8 Å². The number of hydrogen-bond acceptors (Lipinski definition) is 6. The molecule has 1 amide bonds. The van der Waals surface area contributed by atoms with Gasteiger partial charge in [0.05, 0.1) is 16.4 Å². The summed E-state index contributed by atoms with van der Waals surface area (Å²) in [5.74, 6) is -0.224. The first-order valence-electron chi connectivity index (χ1n) is 7.90. The predicted octanol–water partition coefficient (Wildman–Crippen LogP) is 3.07. The summed E-state index contributed by atoms with van der Waals surface area (Å²) >= 11 is 1.23. The Bertz CT molecular complexity index is 911. The SMILES string of the molecule is Cc1cccc(C=N/N=C2\NC(=O)C(Cc3ccccc3[N+](=O)[O-])S2)c1. The number of nitrogens with one attached hydrogen (secondary N) is 1. The zero-order valence-electron chi connectivity index (χ0n) is 14.0. The summed E-state index contributed by atoms with van der Waals surface area (Å²) in [7, 11) is 0. The fraction of sp³-hybridized carbons (Fsp3) is 0.167. The topological polar surface area (TPSA) is 97.0 Å². The van der Waals surface area contributed by atoms with Crippen LogP contribution < -0.4 is 5.32 Å². The van der Waals surface area contributed by atoms with E-state index in [-0.39, 0.29) is 18.0 Å². The van der Waals surface area contributed by atoms with Gasteiger partial charge >= 0.3 is 0 Å². The van der Waals surface area contributed by atoms with Crippen molar-refractivity contribution in [2.45, 2.75) is 18.6 Å². The Morgan fingerprint density at radius 3 is 2.85 bits per heavy atom. The quantitative estimate of drug-likeness (QED) is 0.498. The van der Waals surface area contributed by atoms with E-state index < -0.39 is 10.2 Å². The van der Waals surface area contributed by atoms with Gasteiger partial charge in [0, 0.05) is 18.1 Å². The van der Waals surface area contributed by atoms with Crippen molar-refractivity contribution in [2.75, 3.05) is 0 Å². The van der Waals surface area contributed by atoms with Gasteiger partial charge in [0.1, 0.15) is 0 Å². The molecule has 2 aromatic carbocycles. The molecule has 2 aromatic rings. The van der Waals surface area contributed by atoms with Crippen molar-refractivity contribution >= 4 is 34.7 Å². The smallest absolute Gasteiger partial charge is 0.272 e. The fourth-order valence-electron chi connectivity index (χ4n) is 2.55. The van der Waals surface area contributed by atoms with E-state index in [1.165, 1.54) is 17.8 Å². The maximum absolute atomic E-state index is 12.1. The van der Waals surface area contributed by atoms with Crippen molar-refractivity contribution in [3.05, 3.63) is 75.3 Å². The summed E-state index contributed by atoms with van der Waals surface area (Å²) in [4.78, 5) is 22.8. The van der Waals surface area contributed by atoms with Gasteiger partial charge in [-0.2, -0.15) is 5.10 Å². The van der Waals surface area contributed by atoms with Crippen molar-refractivity contribution in [2.24, 2.45) is 10.2 Å². The first-order valence-corrected chi connectivity index (χ1v) is 8.78. The number of nitrogens with zero attached hydrogens (tertiary/aromatic N) is 3. The van der Waals surface area contributed by atoms with E-state index in [9.17, 15) is 14.9 Å². The van der Waals surface area contributed by atoms with E-state index in [0.29, 0.717) is 10.7 Å². The molecule has 1 N–H and O–H groups in total. The van der Waals surface area contributed by atoms with Crippen LogP contribution in [-0.4, -0.2) is 27.5 Å². The molecule has 132 valence electrons. The third kappa shape index (κ3) is 4.34. The van der Waals surface area contributed by atoms with Crippen LogP contribution in [0.25, 0.3) is 0 Å². The molecule has 1 heterocycles. The van der Waals surface area contributed by atoms with E-state index in [1.54, 1.807) is 24.4 Å². The third-order valence-electron chi connectivity index (χ3n) is 3.77. The summed E-state index contributed by atoms with van der Waals surface area (Å²) in [5.41, 5.74) is 2.58. The lowest BCUT2D eigenvalue weighted by Gasteiger charge is -2.05. The molecule has 1 atom stereocenters. The number of amides is 1. The van der Waals surface area contributed by atoms with Crippen LogP contribution in [0.3, 0.4) is 0 Å². The Morgan fingerprint density at radius 2 is 2.08 bits per heavy atom. The normalized spacial score (nSPS) is 18.4. The van der Waals surface area contributed by atoms with Gasteiger partial charge in [0.15, 0.2) is 5.17 Å². The minimum atomic E-state index is -0.469. The van der Waals surface area contributed by atoms with E-state index in [0.717, 1.165) is 11.1 Å². The summed E-state index contributed by atoms with van der Waals surface area (Å²) < 4.78 is 0. The summed E-state index contributed by atoms with van der Waals surface area (Å²) in [6, 6.07) is 14.2. The van der Waals surface area contributed by atoms with Crippen LogP contribution in [0.4, 0.5) is 5.69 Å². The van der Waals surface area contributed by atoms with Crippen LogP contribution in [0, 0.1) is 17.0 Å². The summed E-state index contributed by atoms with van der Waals surface area (Å²) in [6.45, 7) is 1.99. The highest BCUT2D eigenvalue weighted by Gasteiger charge is 2.32. The van der Waals surface area contributed by atoms with Crippen molar-refractivity contribution < 1.29 is 9.72 Å². The van der Waals surface area contributed by atoms with Crippen LogP contribution in [-0.2, 0) is 11.2 Å². The molecule has 1 unspecified atom stereocenters. The first kappa shape index (κ1) is 17.8. The van der Waals surface area contributed by atoms with Gasteiger partial charge in [0.2, 0.25) is 5.91 Å². The van der Waals surface area contributed by atoms with Gasteiger partial charge < -0.3 is 5.32 Å². The van der Waals surface area contributed by atoms with Crippen molar-refractivity contribution in [3.8, 4) is 0 Å². The molecular formula is C18H16N4O3S. The highest BCUT2D eigenvalue weighted by atomic mass is 32.2. The maximum Gasteiger partial charge on any atom is 0.272 e. The number of carbonyl (C=O) groups excluding carboxylic acids is 1. The van der Waals surface area contributed by atoms with Gasteiger partial charge in [-0.05, 0) is 12.5 Å². The van der Waals surface area contributed by atoms with Gasteiger partial charge in [-0.25, -0.2) is 0 Å². The highest BCUT2D eigenvalue weighted by molar-refractivity contribution is 8.15. The molecule has 1 aliphatic heterocycles. The van der Waals surface area contributed by atoms with Gasteiger partial charge in [0.25, 0.3) is 5.69 Å². The second-order valence-corrected chi connectivity index (χ2v) is 6.94. The summed E-state index contributed by atoms with van der Waals surface area (Å²) in [6.07, 6.45) is 1.87. The zero-order valence-corrected chi connectivity index (χ0v) is 14.8. The molecule has 1 fully saturated rings. The minimum absolute atomic E-state index is 0.0174. The predicted molar refractivity (Wildman–Crippen MR) is 103 cm³/mol. The third-order valence-corrected chi connectivity index (χ3v) is 4.84. The molecule has 1 aliphatic rings. The molecule has 3 rings (SSSR count). The standard InChI is InChI=1S/C18H16N4O3S/c1-12-5-4-6-13(9-12)11-19-21-18-20-17(23)16(26-18)10-14-7-2-3-8-15(14)22(24)25/h2-9,11,16H,10H2,1H3,(H,20,21,23). The van der Waals surface area contributed by atoms with Crippen LogP contribution in [0.15, 0.2) is 58.7 Å². The molecule has 0 bridgehead atoms. The molecule has 0 saturated carbocycles. The number of aryl methyl sites for hydroxylation is 1. The second-order valence-electron chi connectivity index (χ2n) is 5.75. The Labute approximate surface area is 154 Å². The molecule has 7 nitrogen and oxygen atoms in total. The number of amidine groups is 1. The second kappa shape index (κ2) is 7.92. The lowest BCUT2D eigenvalue weighted by molar-refractivity contribution is -0.385. The minimum Gasteiger partial charge on any atom is -0.303 e. The Kier molecular flexibility index (Phi) is 5.43. The van der Waals surface area contributed by atoms with Crippen molar-refractivity contribution in [1.82, 2.24) is 5.32 Å². The first-order chi connectivity index (χ1) is 12.5. The van der Waals surface area contributed by atoms with Crippen molar-refractivity contribution in [1.29, 1.82) is 0 Å². The fourth-order valence-corrected chi connectivity index (χ4v) is 3.50. The number of rotatable bonds is 5. The maximum atomic E-state index is 12.1. The molecular weight excluding hydrogens is 352 g/mol. The molecule has 0 radical (unpaired) electrons. The monoisotopic (exact) mass is 368 g/mol. The zero-order chi connectivity index (χ0) is 18.5. The Morgan fingerprint density at radius 1 is 1.27 bits per heavy atom. The number of thioether (sulfide) groups is 1. The highest BCUT2D eigenvalue weighted by Crippen LogP contribution is 2.27. The Balaban J connectivity index is 1.68. The van der Waals surface area contributed by atoms with Crippen LogP contribution in [0.2, 0.25) is 0 Å². The molecule has 0 aliphatic carbocycles. The average Bonchev–Trinajstić information content (AvgIpc) is 2.95. The lowest BCUT2D eigenvalue weighted by atomic mass is 10.1. The molecule has 0 aromatic heterocycles. The van der Waals surface area contributed by atoms with E-state index in [4.69, 9.17) is 0 Å². The van der Waals surface area contributed by atoms with E-state index in [2.05, 4.69) is 15.5 Å². The molecule has 1 saturated heterocycles.